The Morgan fingerprint density at radius 3 is 2.58 bits per heavy atom. The number of rotatable bonds is 7. The Morgan fingerprint density at radius 2 is 1.91 bits per heavy atom. The third-order valence-electron chi connectivity index (χ3n) is 7.68. The van der Waals surface area contributed by atoms with E-state index in [1.165, 1.54) is 24.0 Å². The van der Waals surface area contributed by atoms with E-state index in [2.05, 4.69) is 20.3 Å². The minimum atomic E-state index is -1.59. The van der Waals surface area contributed by atoms with Crippen LogP contribution in [0.25, 0.3) is 0 Å². The first kappa shape index (κ1) is 22.4. The maximum Gasteiger partial charge on any atom is 0.344 e. The van der Waals surface area contributed by atoms with Gasteiger partial charge in [-0.1, -0.05) is 18.9 Å². The lowest BCUT2D eigenvalue weighted by Crippen LogP contribution is -2.66. The lowest BCUT2D eigenvalue weighted by molar-refractivity contribution is -0.939. The molecule has 3 saturated heterocycles. The van der Waals surface area contributed by atoms with E-state index in [0.717, 1.165) is 51.6 Å². The van der Waals surface area contributed by atoms with Gasteiger partial charge in [-0.3, -0.25) is 10.1 Å². The SMILES string of the molecule is O=C(C[N+]12CCC(CC1)C(OC(=O)[C@@](O)(c1cccs1)C1CCCC1)C2)Nc1ncncn1. The second-order valence-corrected chi connectivity index (χ2v) is 10.6. The first-order chi connectivity index (χ1) is 16.0. The van der Waals surface area contributed by atoms with Crippen LogP contribution in [0.2, 0.25) is 0 Å². The lowest BCUT2D eigenvalue weighted by atomic mass is 9.82. The summed E-state index contributed by atoms with van der Waals surface area (Å²) in [5.74, 6) is -0.285. The number of hydrogen-bond acceptors (Lipinski definition) is 8. The van der Waals surface area contributed by atoms with E-state index in [0.29, 0.717) is 15.9 Å². The largest absolute Gasteiger partial charge is 0.454 e. The van der Waals surface area contributed by atoms with Gasteiger partial charge in [-0.15, -0.1) is 11.3 Å². The van der Waals surface area contributed by atoms with Gasteiger partial charge in [-0.25, -0.2) is 19.7 Å². The molecule has 1 saturated carbocycles. The molecule has 4 fully saturated rings. The van der Waals surface area contributed by atoms with Gasteiger partial charge in [0.1, 0.15) is 19.2 Å². The standard InChI is InChI=1S/C23H29N5O4S/c29-20(27-22-25-14-24-15-26-22)13-28-9-7-16(8-10-28)18(12-28)32-21(30)23(31,17-4-1-2-5-17)19-6-3-11-33-19/h3,6,11,14-18,31H,1-2,4-5,7-10,12-13H2/p+1/t16?,18?,23-,28?/m0/s1. The maximum absolute atomic E-state index is 13.5. The minimum absolute atomic E-state index is 0.112. The van der Waals surface area contributed by atoms with E-state index in [1.54, 1.807) is 0 Å². The van der Waals surface area contributed by atoms with Crippen molar-refractivity contribution in [1.29, 1.82) is 0 Å². The van der Waals surface area contributed by atoms with Gasteiger partial charge >= 0.3 is 5.97 Å². The average molecular weight is 473 g/mol. The predicted molar refractivity (Wildman–Crippen MR) is 121 cm³/mol. The Morgan fingerprint density at radius 1 is 1.18 bits per heavy atom. The number of carbonyl (C=O) groups is 2. The van der Waals surface area contributed by atoms with Gasteiger partial charge in [-0.2, -0.15) is 0 Å². The van der Waals surface area contributed by atoms with Crippen molar-refractivity contribution in [3.63, 3.8) is 0 Å². The fraction of sp³-hybridized carbons (Fsp3) is 0.609. The van der Waals surface area contributed by atoms with Gasteiger partial charge in [0.25, 0.3) is 5.91 Å². The van der Waals surface area contributed by atoms with E-state index in [9.17, 15) is 14.7 Å². The number of anilines is 1. The van der Waals surface area contributed by atoms with Crippen molar-refractivity contribution in [2.24, 2.45) is 11.8 Å². The molecule has 0 spiro atoms. The zero-order chi connectivity index (χ0) is 22.9. The molecular formula is C23H30N5O4S+. The molecule has 176 valence electrons. The summed E-state index contributed by atoms with van der Waals surface area (Å²) in [5, 5.41) is 16.3. The summed E-state index contributed by atoms with van der Waals surface area (Å²) in [6.45, 7) is 2.62. The smallest absolute Gasteiger partial charge is 0.344 e. The van der Waals surface area contributed by atoms with Crippen LogP contribution < -0.4 is 5.32 Å². The monoisotopic (exact) mass is 472 g/mol. The summed E-state index contributed by atoms with van der Waals surface area (Å²) >= 11 is 1.41. The third kappa shape index (κ3) is 4.39. The van der Waals surface area contributed by atoms with Crippen molar-refractivity contribution in [3.8, 4) is 0 Å². The van der Waals surface area contributed by atoms with Crippen molar-refractivity contribution in [2.45, 2.75) is 50.2 Å². The topological polar surface area (TPSA) is 114 Å². The summed E-state index contributed by atoms with van der Waals surface area (Å²) in [7, 11) is 0. The Bertz CT molecular complexity index is 974. The van der Waals surface area contributed by atoms with Crippen LogP contribution in [0.4, 0.5) is 5.95 Å². The summed E-state index contributed by atoms with van der Waals surface area (Å²) in [5.41, 5.74) is -1.59. The molecule has 1 aliphatic carbocycles. The summed E-state index contributed by atoms with van der Waals surface area (Å²) in [4.78, 5) is 38.5. The number of hydrogen-bond donors (Lipinski definition) is 2. The number of quaternary nitrogens is 1. The van der Waals surface area contributed by atoms with Gasteiger partial charge in [0.2, 0.25) is 5.95 Å². The maximum atomic E-state index is 13.5. The molecule has 2 aromatic rings. The second kappa shape index (κ2) is 9.08. The molecule has 5 heterocycles. The number of piperidine rings is 3. The zero-order valence-corrected chi connectivity index (χ0v) is 19.4. The number of nitrogens with zero attached hydrogens (tertiary/aromatic N) is 4. The molecule has 0 radical (unpaired) electrons. The fourth-order valence-corrected chi connectivity index (χ4v) is 6.77. The van der Waals surface area contributed by atoms with Crippen LogP contribution in [0.5, 0.6) is 0 Å². The van der Waals surface area contributed by atoms with Gasteiger partial charge < -0.3 is 14.3 Å². The van der Waals surface area contributed by atoms with Crippen LogP contribution >= 0.6 is 11.3 Å². The van der Waals surface area contributed by atoms with E-state index in [-0.39, 0.29) is 36.3 Å². The highest BCUT2D eigenvalue weighted by Gasteiger charge is 2.53. The van der Waals surface area contributed by atoms with Crippen LogP contribution in [0.15, 0.2) is 30.2 Å². The van der Waals surface area contributed by atoms with E-state index in [1.807, 2.05) is 17.5 Å². The Hall–Kier alpha value is -2.43. The average Bonchev–Trinajstić information content (AvgIpc) is 3.54. The van der Waals surface area contributed by atoms with Gasteiger partial charge in [0.05, 0.1) is 13.1 Å². The number of aliphatic hydroxyl groups is 1. The molecule has 2 atom stereocenters. The van der Waals surface area contributed by atoms with E-state index >= 15 is 0 Å². The highest BCUT2D eigenvalue weighted by atomic mass is 32.1. The molecule has 9 nitrogen and oxygen atoms in total. The Kier molecular flexibility index (Phi) is 6.15. The number of carbonyl (C=O) groups excluding carboxylic acids is 2. The number of thiophene rings is 1. The van der Waals surface area contributed by atoms with Crippen LogP contribution in [0.1, 0.15) is 43.4 Å². The van der Waals surface area contributed by atoms with Crippen LogP contribution in [-0.4, -0.2) is 68.7 Å². The molecule has 0 aromatic carbocycles. The Balaban J connectivity index is 1.28. The summed E-state index contributed by atoms with van der Waals surface area (Å²) in [6, 6.07) is 3.70. The van der Waals surface area contributed by atoms with Crippen molar-refractivity contribution >= 4 is 29.2 Å². The van der Waals surface area contributed by atoms with Crippen molar-refractivity contribution < 1.29 is 23.9 Å². The molecule has 3 aliphatic heterocycles. The van der Waals surface area contributed by atoms with Gasteiger partial charge in [0, 0.05) is 29.6 Å². The fourth-order valence-electron chi connectivity index (χ4n) is 5.88. The first-order valence-corrected chi connectivity index (χ1v) is 12.6. The molecule has 6 rings (SSSR count). The third-order valence-corrected chi connectivity index (χ3v) is 8.67. The minimum Gasteiger partial charge on any atom is -0.454 e. The zero-order valence-electron chi connectivity index (χ0n) is 18.6. The molecule has 2 aromatic heterocycles. The summed E-state index contributed by atoms with van der Waals surface area (Å²) in [6.07, 6.45) is 7.89. The molecule has 1 amide bonds. The van der Waals surface area contributed by atoms with Crippen molar-refractivity contribution in [2.75, 3.05) is 31.5 Å². The van der Waals surface area contributed by atoms with Crippen molar-refractivity contribution in [3.05, 3.63) is 35.0 Å². The molecule has 2 bridgehead atoms. The molecule has 10 heteroatoms. The number of nitrogens with one attached hydrogen (secondary N) is 1. The van der Waals surface area contributed by atoms with Gasteiger partial charge in [0.15, 0.2) is 18.2 Å². The highest BCUT2D eigenvalue weighted by molar-refractivity contribution is 7.10. The molecule has 33 heavy (non-hydrogen) atoms. The van der Waals surface area contributed by atoms with Crippen LogP contribution in [0.3, 0.4) is 0 Å². The van der Waals surface area contributed by atoms with Crippen LogP contribution in [-0.2, 0) is 19.9 Å². The summed E-state index contributed by atoms with van der Waals surface area (Å²) < 4.78 is 6.66. The van der Waals surface area contributed by atoms with E-state index < -0.39 is 11.6 Å². The van der Waals surface area contributed by atoms with Crippen LogP contribution in [0, 0.1) is 11.8 Å². The lowest BCUT2D eigenvalue weighted by Gasteiger charge is -2.51. The van der Waals surface area contributed by atoms with E-state index in [4.69, 9.17) is 4.74 Å². The number of aromatic nitrogens is 3. The van der Waals surface area contributed by atoms with Crippen molar-refractivity contribution in [1.82, 2.24) is 15.0 Å². The molecule has 2 N–H and O–H groups in total. The quantitative estimate of drug-likeness (QED) is 0.468. The number of amides is 1. The number of fused-ring (bicyclic) bond motifs is 3. The molecular weight excluding hydrogens is 442 g/mol. The molecule has 4 aliphatic rings. The molecule has 1 unspecified atom stereocenters. The second-order valence-electron chi connectivity index (χ2n) is 9.65. The first-order valence-electron chi connectivity index (χ1n) is 11.7. The highest BCUT2D eigenvalue weighted by Crippen LogP contribution is 2.44. The normalized spacial score (nSPS) is 28.9. The predicted octanol–water partition coefficient (Wildman–Crippen LogP) is 2.10. The van der Waals surface area contributed by atoms with Gasteiger partial charge in [-0.05, 0) is 24.3 Å². The number of esters is 1. The Labute approximate surface area is 196 Å². The number of ether oxygens (including phenoxy) is 1.